The number of hydrogen-bond acceptors (Lipinski definition) is 4. The maximum Gasteiger partial charge on any atom is 0.337 e. The largest absolute Gasteiger partial charge is 0.508 e. The summed E-state index contributed by atoms with van der Waals surface area (Å²) in [7, 11) is 0. The molecule has 1 aromatic carbocycles. The molecule has 0 bridgehead atoms. The topological polar surface area (TPSA) is 70.6 Å². The zero-order valence-corrected chi connectivity index (χ0v) is 11.2. The first-order chi connectivity index (χ1) is 9.11. The molecule has 0 saturated carbocycles. The third-order valence-corrected chi connectivity index (χ3v) is 2.90. The zero-order valence-electron chi connectivity index (χ0n) is 10.3. The summed E-state index contributed by atoms with van der Waals surface area (Å²) in [4.78, 5) is 11.9. The SMILES string of the molecule is CCOC(=O)C1=CNC(=S)N[C@@H]1c1cccc(O)c1. The molecule has 2 rings (SSSR count). The Morgan fingerprint density at radius 1 is 1.53 bits per heavy atom. The molecular formula is C13H14N2O3S. The van der Waals surface area contributed by atoms with E-state index in [0.717, 1.165) is 5.56 Å². The van der Waals surface area contributed by atoms with Gasteiger partial charge in [-0.15, -0.1) is 0 Å². The highest BCUT2D eigenvalue weighted by Gasteiger charge is 2.27. The van der Waals surface area contributed by atoms with Gasteiger partial charge in [-0.3, -0.25) is 0 Å². The van der Waals surface area contributed by atoms with Gasteiger partial charge in [-0.2, -0.15) is 0 Å². The number of carbonyl (C=O) groups is 1. The Hall–Kier alpha value is -2.08. The molecule has 1 heterocycles. The van der Waals surface area contributed by atoms with Crippen molar-refractivity contribution in [3.8, 4) is 5.75 Å². The molecule has 0 unspecified atom stereocenters. The van der Waals surface area contributed by atoms with Crippen LogP contribution in [-0.4, -0.2) is 22.8 Å². The molecule has 1 aromatic rings. The Kier molecular flexibility index (Phi) is 4.01. The molecule has 0 aliphatic carbocycles. The number of phenols is 1. The molecule has 5 nitrogen and oxygen atoms in total. The number of thiocarbonyl (C=S) groups is 1. The summed E-state index contributed by atoms with van der Waals surface area (Å²) in [5.41, 5.74) is 1.16. The van der Waals surface area contributed by atoms with Crippen molar-refractivity contribution < 1.29 is 14.6 Å². The van der Waals surface area contributed by atoms with Crippen molar-refractivity contribution >= 4 is 23.3 Å². The molecule has 0 saturated heterocycles. The maximum atomic E-state index is 11.9. The van der Waals surface area contributed by atoms with Crippen LogP contribution in [0, 0.1) is 0 Å². The van der Waals surface area contributed by atoms with Crippen LogP contribution < -0.4 is 10.6 Å². The molecule has 0 radical (unpaired) electrons. The lowest BCUT2D eigenvalue weighted by Gasteiger charge is -2.26. The van der Waals surface area contributed by atoms with Gasteiger partial charge in [0.1, 0.15) is 5.75 Å². The van der Waals surface area contributed by atoms with Gasteiger partial charge in [0, 0.05) is 6.20 Å². The summed E-state index contributed by atoms with van der Waals surface area (Å²) in [6, 6.07) is 6.23. The molecule has 6 heteroatoms. The fourth-order valence-electron chi connectivity index (χ4n) is 1.84. The average molecular weight is 278 g/mol. The Morgan fingerprint density at radius 3 is 3.00 bits per heavy atom. The highest BCUT2D eigenvalue weighted by molar-refractivity contribution is 7.80. The van der Waals surface area contributed by atoms with Crippen molar-refractivity contribution in [3.63, 3.8) is 0 Å². The van der Waals surface area contributed by atoms with Gasteiger partial charge in [-0.25, -0.2) is 4.79 Å². The van der Waals surface area contributed by atoms with Crippen LogP contribution >= 0.6 is 12.2 Å². The van der Waals surface area contributed by atoms with E-state index in [9.17, 15) is 9.90 Å². The van der Waals surface area contributed by atoms with Crippen molar-refractivity contribution in [2.75, 3.05) is 6.61 Å². The molecule has 0 fully saturated rings. The fraction of sp³-hybridized carbons (Fsp3) is 0.231. The molecule has 0 amide bonds. The van der Waals surface area contributed by atoms with Crippen LogP contribution in [0.1, 0.15) is 18.5 Å². The number of esters is 1. The molecule has 0 spiro atoms. The Morgan fingerprint density at radius 2 is 2.32 bits per heavy atom. The molecule has 1 aliphatic heterocycles. The predicted octanol–water partition coefficient (Wildman–Crippen LogP) is 1.36. The first-order valence-electron chi connectivity index (χ1n) is 5.85. The van der Waals surface area contributed by atoms with Crippen molar-refractivity contribution in [2.24, 2.45) is 0 Å². The molecule has 19 heavy (non-hydrogen) atoms. The Bertz CT molecular complexity index is 542. The van der Waals surface area contributed by atoms with E-state index >= 15 is 0 Å². The number of ether oxygens (including phenoxy) is 1. The van der Waals surface area contributed by atoms with Gasteiger partial charge in [0.15, 0.2) is 5.11 Å². The molecule has 0 aromatic heterocycles. The van der Waals surface area contributed by atoms with Crippen molar-refractivity contribution in [1.82, 2.24) is 10.6 Å². The van der Waals surface area contributed by atoms with Gasteiger partial charge in [0.05, 0.1) is 18.2 Å². The quantitative estimate of drug-likeness (QED) is 0.573. The highest BCUT2D eigenvalue weighted by atomic mass is 32.1. The van der Waals surface area contributed by atoms with Crippen molar-refractivity contribution in [1.29, 1.82) is 0 Å². The first-order valence-corrected chi connectivity index (χ1v) is 6.25. The van der Waals surface area contributed by atoms with E-state index in [-0.39, 0.29) is 5.75 Å². The van der Waals surface area contributed by atoms with Crippen LogP contribution in [0.15, 0.2) is 36.0 Å². The number of benzene rings is 1. The van der Waals surface area contributed by atoms with Gasteiger partial charge in [0.25, 0.3) is 0 Å². The number of phenolic OH excluding ortho intramolecular Hbond substituents is 1. The summed E-state index contributed by atoms with van der Waals surface area (Å²) < 4.78 is 5.01. The Balaban J connectivity index is 2.34. The number of nitrogens with one attached hydrogen (secondary N) is 2. The van der Waals surface area contributed by atoms with E-state index in [1.807, 2.05) is 0 Å². The van der Waals surface area contributed by atoms with E-state index < -0.39 is 12.0 Å². The first kappa shape index (κ1) is 13.4. The van der Waals surface area contributed by atoms with Crippen LogP contribution in [0.2, 0.25) is 0 Å². The van der Waals surface area contributed by atoms with Crippen molar-refractivity contribution in [3.05, 3.63) is 41.6 Å². The zero-order chi connectivity index (χ0) is 13.8. The lowest BCUT2D eigenvalue weighted by molar-refractivity contribution is -0.138. The number of rotatable bonds is 3. The van der Waals surface area contributed by atoms with Crippen LogP contribution in [-0.2, 0) is 9.53 Å². The third-order valence-electron chi connectivity index (χ3n) is 2.66. The number of aromatic hydroxyl groups is 1. The van der Waals surface area contributed by atoms with E-state index in [1.165, 1.54) is 6.20 Å². The van der Waals surface area contributed by atoms with E-state index in [4.69, 9.17) is 17.0 Å². The Labute approximate surface area is 116 Å². The number of carbonyl (C=O) groups excluding carboxylic acids is 1. The summed E-state index contributed by atoms with van der Waals surface area (Å²) >= 11 is 5.04. The van der Waals surface area contributed by atoms with E-state index in [1.54, 1.807) is 31.2 Å². The monoisotopic (exact) mass is 278 g/mol. The minimum atomic E-state index is -0.431. The lowest BCUT2D eigenvalue weighted by atomic mass is 9.98. The second-order valence-corrected chi connectivity index (χ2v) is 4.37. The van der Waals surface area contributed by atoms with Crippen LogP contribution in [0.5, 0.6) is 5.75 Å². The van der Waals surface area contributed by atoms with Gasteiger partial charge >= 0.3 is 5.97 Å². The standard InChI is InChI=1S/C13H14N2O3S/c1-2-18-12(17)10-7-14-13(19)15-11(10)8-4-3-5-9(16)6-8/h3-7,11,16H,2H2,1H3,(H2,14,15,19)/t11-/m1/s1. The van der Waals surface area contributed by atoms with E-state index in [0.29, 0.717) is 17.3 Å². The van der Waals surface area contributed by atoms with Gasteiger partial charge in [0.2, 0.25) is 0 Å². The van der Waals surface area contributed by atoms with Crippen LogP contribution in [0.4, 0.5) is 0 Å². The molecular weight excluding hydrogens is 264 g/mol. The molecule has 3 N–H and O–H groups in total. The normalized spacial score (nSPS) is 18.1. The van der Waals surface area contributed by atoms with Gasteiger partial charge in [-0.05, 0) is 36.8 Å². The average Bonchev–Trinajstić information content (AvgIpc) is 2.39. The second kappa shape index (κ2) is 5.71. The second-order valence-electron chi connectivity index (χ2n) is 3.97. The maximum absolute atomic E-state index is 11.9. The smallest absolute Gasteiger partial charge is 0.337 e. The number of hydrogen-bond donors (Lipinski definition) is 3. The highest BCUT2D eigenvalue weighted by Crippen LogP contribution is 2.26. The summed E-state index contributed by atoms with van der Waals surface area (Å²) in [6.45, 7) is 2.05. The predicted molar refractivity (Wildman–Crippen MR) is 74.4 cm³/mol. The lowest BCUT2D eigenvalue weighted by Crippen LogP contribution is -2.42. The fourth-order valence-corrected chi connectivity index (χ4v) is 2.01. The summed E-state index contributed by atoms with van der Waals surface area (Å²) in [5, 5.41) is 15.7. The van der Waals surface area contributed by atoms with Gasteiger partial charge < -0.3 is 20.5 Å². The third kappa shape index (κ3) is 3.03. The summed E-state index contributed by atoms with van der Waals surface area (Å²) in [6.07, 6.45) is 1.53. The van der Waals surface area contributed by atoms with Crippen LogP contribution in [0.3, 0.4) is 0 Å². The van der Waals surface area contributed by atoms with Crippen molar-refractivity contribution in [2.45, 2.75) is 13.0 Å². The summed E-state index contributed by atoms with van der Waals surface area (Å²) in [5.74, 6) is -0.287. The minimum absolute atomic E-state index is 0.131. The molecule has 1 atom stereocenters. The van der Waals surface area contributed by atoms with E-state index in [2.05, 4.69) is 10.6 Å². The van der Waals surface area contributed by atoms with Gasteiger partial charge in [-0.1, -0.05) is 12.1 Å². The molecule has 100 valence electrons. The minimum Gasteiger partial charge on any atom is -0.508 e. The van der Waals surface area contributed by atoms with Crippen LogP contribution in [0.25, 0.3) is 0 Å². The molecule has 1 aliphatic rings.